The fraction of sp³-hybridized carbons (Fsp3) is 0.481. The van der Waals surface area contributed by atoms with Crippen LogP contribution in [0.2, 0.25) is 10.0 Å². The summed E-state index contributed by atoms with van der Waals surface area (Å²) in [6.07, 6.45) is 2.42. The highest BCUT2D eigenvalue weighted by atomic mass is 35.5. The Bertz CT molecular complexity index is 1520. The summed E-state index contributed by atoms with van der Waals surface area (Å²) in [5.74, 6) is 0.498. The predicted octanol–water partition coefficient (Wildman–Crippen LogP) is 4.09. The minimum atomic E-state index is -1.52. The van der Waals surface area contributed by atoms with Crippen molar-refractivity contribution < 1.29 is 28.2 Å². The van der Waals surface area contributed by atoms with Crippen molar-refractivity contribution >= 4 is 51.5 Å². The number of benzene rings is 1. The number of pyridine rings is 1. The van der Waals surface area contributed by atoms with E-state index in [0.29, 0.717) is 5.39 Å². The van der Waals surface area contributed by atoms with Crippen LogP contribution < -0.4 is 15.0 Å². The van der Waals surface area contributed by atoms with Gasteiger partial charge in [-0.05, 0) is 26.8 Å². The Balaban J connectivity index is 1.74. The highest BCUT2D eigenvalue weighted by Crippen LogP contribution is 2.45. The SMILES string of the molecule is COc1cc(OC)c(Cl)c(-c2cc3cnc([S+](C)[O-])nc3n(CC[N+]3([O-])CCN(C(=O)OC(C)(C)C)CC3)c2=O)c1Cl. The molecule has 15 heteroatoms. The fourth-order valence-corrected chi connectivity index (χ4v) is 5.76. The Morgan fingerprint density at radius 2 is 1.71 bits per heavy atom. The highest BCUT2D eigenvalue weighted by molar-refractivity contribution is 7.90. The van der Waals surface area contributed by atoms with E-state index in [4.69, 9.17) is 37.4 Å². The number of hydrogen-bond acceptors (Lipinski definition) is 9. The van der Waals surface area contributed by atoms with E-state index in [9.17, 15) is 19.3 Å². The van der Waals surface area contributed by atoms with Gasteiger partial charge in [-0.2, -0.15) is 9.97 Å². The second-order valence-corrected chi connectivity index (χ2v) is 12.9. The number of carbonyl (C=O) groups excluding carboxylic acids is 1. The van der Waals surface area contributed by atoms with Crippen LogP contribution in [-0.4, -0.2) is 93.5 Å². The van der Waals surface area contributed by atoms with Crippen LogP contribution in [0.1, 0.15) is 20.8 Å². The second kappa shape index (κ2) is 12.4. The zero-order valence-corrected chi connectivity index (χ0v) is 26.6. The Kier molecular flexibility index (Phi) is 9.50. The van der Waals surface area contributed by atoms with E-state index in [1.54, 1.807) is 26.8 Å². The van der Waals surface area contributed by atoms with Gasteiger partial charge in [0.1, 0.15) is 23.4 Å². The number of quaternary nitrogens is 1. The lowest BCUT2D eigenvalue weighted by atomic mass is 10.0. The van der Waals surface area contributed by atoms with Gasteiger partial charge in [-0.25, -0.2) is 4.79 Å². The van der Waals surface area contributed by atoms with Crippen LogP contribution >= 0.6 is 23.2 Å². The van der Waals surface area contributed by atoms with Gasteiger partial charge in [-0.3, -0.25) is 14.3 Å². The number of amides is 1. The van der Waals surface area contributed by atoms with E-state index in [-0.39, 0.29) is 82.7 Å². The lowest BCUT2D eigenvalue weighted by Crippen LogP contribution is -2.58. The van der Waals surface area contributed by atoms with Crippen LogP contribution in [-0.2, 0) is 22.5 Å². The number of hydrogen-bond donors (Lipinski definition) is 0. The van der Waals surface area contributed by atoms with Crippen LogP contribution in [0, 0.1) is 5.21 Å². The number of ether oxygens (including phenoxy) is 3. The molecule has 1 aromatic carbocycles. The summed E-state index contributed by atoms with van der Waals surface area (Å²) in [7, 11) is 2.86. The van der Waals surface area contributed by atoms with Gasteiger partial charge in [0.05, 0.1) is 69.1 Å². The van der Waals surface area contributed by atoms with E-state index in [0.717, 1.165) is 0 Å². The summed E-state index contributed by atoms with van der Waals surface area (Å²) in [5, 5.41) is 14.4. The fourth-order valence-electron chi connectivity index (χ4n) is 4.63. The van der Waals surface area contributed by atoms with Crippen molar-refractivity contribution in [3.63, 3.8) is 0 Å². The molecule has 1 unspecified atom stereocenters. The molecule has 3 aromatic rings. The number of halogens is 2. The zero-order valence-electron chi connectivity index (χ0n) is 24.2. The number of aromatic nitrogens is 3. The smallest absolute Gasteiger partial charge is 0.410 e. The minimum Gasteiger partial charge on any atom is -0.633 e. The van der Waals surface area contributed by atoms with Crippen LogP contribution in [0.5, 0.6) is 11.5 Å². The summed E-state index contributed by atoms with van der Waals surface area (Å²) < 4.78 is 29.1. The average molecular weight is 643 g/mol. The molecule has 0 saturated carbocycles. The lowest BCUT2D eigenvalue weighted by Gasteiger charge is -2.48. The number of rotatable bonds is 7. The van der Waals surface area contributed by atoms with E-state index in [2.05, 4.69) is 9.97 Å². The van der Waals surface area contributed by atoms with Crippen LogP contribution in [0.15, 0.2) is 28.3 Å². The molecule has 228 valence electrons. The molecular weight excluding hydrogens is 609 g/mol. The largest absolute Gasteiger partial charge is 0.633 e. The van der Waals surface area contributed by atoms with Crippen molar-refractivity contribution in [2.24, 2.45) is 0 Å². The monoisotopic (exact) mass is 641 g/mol. The van der Waals surface area contributed by atoms with E-state index < -0.39 is 33.1 Å². The van der Waals surface area contributed by atoms with Gasteiger partial charge >= 0.3 is 11.2 Å². The standard InChI is InChI=1S/C27H33Cl2N5O7S/c1-27(2,3)41-26(36)32-7-10-34(37,11-8-32)12-9-33-23-16(15-30-25(31-23)42(6)38)13-17(24(33)35)20-21(28)18(39-4)14-19(40-5)22(20)29/h13-15H,7-12H2,1-6H3. The third-order valence-electron chi connectivity index (χ3n) is 6.84. The average Bonchev–Trinajstić information content (AvgIpc) is 2.92. The quantitative estimate of drug-likeness (QED) is 0.161. The molecule has 1 aliphatic heterocycles. The molecule has 0 spiro atoms. The number of methoxy groups -OCH3 is 2. The summed E-state index contributed by atoms with van der Waals surface area (Å²) in [4.78, 5) is 36.6. The molecule has 1 fully saturated rings. The minimum absolute atomic E-state index is 0.0120. The molecule has 0 bridgehead atoms. The second-order valence-electron chi connectivity index (χ2n) is 10.9. The zero-order chi connectivity index (χ0) is 31.0. The highest BCUT2D eigenvalue weighted by Gasteiger charge is 2.31. The first kappa shape index (κ1) is 32.1. The van der Waals surface area contributed by atoms with Gasteiger partial charge in [0.15, 0.2) is 5.65 Å². The molecule has 3 heterocycles. The molecule has 12 nitrogen and oxygen atoms in total. The van der Waals surface area contributed by atoms with E-state index in [1.807, 2.05) is 0 Å². The first-order chi connectivity index (χ1) is 19.7. The molecule has 1 saturated heterocycles. The molecule has 1 atom stereocenters. The van der Waals surface area contributed by atoms with E-state index in [1.165, 1.54) is 42.2 Å². The number of carbonyl (C=O) groups is 1. The Morgan fingerprint density at radius 3 is 2.24 bits per heavy atom. The van der Waals surface area contributed by atoms with Crippen LogP contribution in [0.3, 0.4) is 0 Å². The molecule has 0 N–H and O–H groups in total. The number of hydroxylamine groups is 3. The molecule has 1 aliphatic rings. The number of piperazine rings is 1. The van der Waals surface area contributed by atoms with Gasteiger partial charge in [0.2, 0.25) is 0 Å². The summed E-state index contributed by atoms with van der Waals surface area (Å²) in [5.41, 5.74) is -0.643. The first-order valence-corrected chi connectivity index (χ1v) is 15.4. The number of nitrogens with zero attached hydrogens (tertiary/aromatic N) is 5. The van der Waals surface area contributed by atoms with Crippen LogP contribution in [0.4, 0.5) is 4.79 Å². The molecule has 1 amide bonds. The van der Waals surface area contributed by atoms with E-state index >= 15 is 0 Å². The first-order valence-electron chi connectivity index (χ1n) is 13.1. The van der Waals surface area contributed by atoms with Crippen LogP contribution in [0.25, 0.3) is 22.2 Å². The normalized spacial score (nSPS) is 15.9. The third-order valence-corrected chi connectivity index (χ3v) is 8.30. The predicted molar refractivity (Wildman–Crippen MR) is 161 cm³/mol. The summed E-state index contributed by atoms with van der Waals surface area (Å²) in [6.45, 7) is 6.00. The maximum atomic E-state index is 14.1. The van der Waals surface area contributed by atoms with Crippen molar-refractivity contribution in [2.75, 3.05) is 53.2 Å². The number of fused-ring (bicyclic) bond motifs is 1. The van der Waals surface area contributed by atoms with Gasteiger partial charge in [-0.1, -0.05) is 23.2 Å². The van der Waals surface area contributed by atoms with Gasteiger partial charge in [0.25, 0.3) is 5.56 Å². The molecule has 2 aromatic heterocycles. The Morgan fingerprint density at radius 1 is 1.12 bits per heavy atom. The van der Waals surface area contributed by atoms with Crippen molar-refractivity contribution in [3.8, 4) is 22.6 Å². The lowest BCUT2D eigenvalue weighted by molar-refractivity contribution is -0.885. The summed E-state index contributed by atoms with van der Waals surface area (Å²) in [6, 6.07) is 3.06. The maximum Gasteiger partial charge on any atom is 0.410 e. The molecular formula is C27H33Cl2N5O7S. The van der Waals surface area contributed by atoms with Crippen molar-refractivity contribution in [1.29, 1.82) is 0 Å². The molecule has 0 aliphatic carbocycles. The van der Waals surface area contributed by atoms with Crippen molar-refractivity contribution in [1.82, 2.24) is 19.4 Å². The summed E-state index contributed by atoms with van der Waals surface area (Å²) >= 11 is 11.8. The van der Waals surface area contributed by atoms with Gasteiger partial charge in [-0.15, -0.1) is 0 Å². The molecule has 4 rings (SSSR count). The molecule has 42 heavy (non-hydrogen) atoms. The third kappa shape index (κ3) is 6.71. The topological polar surface area (TPSA) is 142 Å². The van der Waals surface area contributed by atoms with Crippen molar-refractivity contribution in [3.05, 3.63) is 43.9 Å². The Hall–Kier alpha value is -2.81. The van der Waals surface area contributed by atoms with Gasteiger partial charge in [0, 0.05) is 34.4 Å². The Labute approximate surface area is 256 Å². The van der Waals surface area contributed by atoms with Gasteiger partial charge < -0.3 is 28.6 Å². The molecule has 0 radical (unpaired) electrons. The maximum absolute atomic E-state index is 14.1. The van der Waals surface area contributed by atoms with Crippen molar-refractivity contribution in [2.45, 2.75) is 38.1 Å².